The van der Waals surface area contributed by atoms with E-state index in [0.29, 0.717) is 29.9 Å². The summed E-state index contributed by atoms with van der Waals surface area (Å²) in [6.45, 7) is 7.05. The maximum absolute atomic E-state index is 13.3. The lowest BCUT2D eigenvalue weighted by Gasteiger charge is -2.25. The monoisotopic (exact) mass is 409 g/mol. The molecule has 4 rings (SSSR count). The highest BCUT2D eigenvalue weighted by molar-refractivity contribution is 6.13. The van der Waals surface area contributed by atoms with E-state index in [-0.39, 0.29) is 24.3 Å². The summed E-state index contributed by atoms with van der Waals surface area (Å²) in [7, 11) is 0. The highest BCUT2D eigenvalue weighted by Gasteiger charge is 2.42. The Balaban J connectivity index is 1.62. The van der Waals surface area contributed by atoms with E-state index in [1.54, 1.807) is 29.2 Å². The molecule has 158 valence electrons. The van der Waals surface area contributed by atoms with Crippen molar-refractivity contribution < 1.29 is 14.4 Å². The highest BCUT2D eigenvalue weighted by atomic mass is 16.2. The van der Waals surface area contributed by atoms with Crippen LogP contribution in [0.1, 0.15) is 47.9 Å². The number of fused-ring (bicyclic) bond motifs is 2. The van der Waals surface area contributed by atoms with Gasteiger partial charge in [-0.05, 0) is 45.2 Å². The fourth-order valence-corrected chi connectivity index (χ4v) is 4.40. The Kier molecular flexibility index (Phi) is 5.32. The molecule has 8 nitrogen and oxygen atoms in total. The fourth-order valence-electron chi connectivity index (χ4n) is 4.40. The molecule has 1 saturated heterocycles. The zero-order chi connectivity index (χ0) is 21.4. The molecular formula is C22H27N5O3. The molecule has 1 aromatic heterocycles. The van der Waals surface area contributed by atoms with Crippen molar-refractivity contribution >= 4 is 29.1 Å². The van der Waals surface area contributed by atoms with Crippen LogP contribution in [0.4, 0.5) is 11.4 Å². The third-order valence-electron chi connectivity index (χ3n) is 5.87. The minimum Gasteiger partial charge on any atom is -0.327 e. The molecule has 0 bridgehead atoms. The first kappa shape index (κ1) is 20.1. The zero-order valence-corrected chi connectivity index (χ0v) is 17.6. The predicted molar refractivity (Wildman–Crippen MR) is 113 cm³/mol. The molecule has 0 radical (unpaired) electrons. The lowest BCUT2D eigenvalue weighted by Crippen LogP contribution is -2.47. The number of benzene rings is 1. The second-order valence-corrected chi connectivity index (χ2v) is 7.92. The minimum absolute atomic E-state index is 0.142. The van der Waals surface area contributed by atoms with Gasteiger partial charge < -0.3 is 15.1 Å². The SMILES string of the molecule is CCCn1nc(C)c(NC(=O)CN2C(=O)[C@@H]3CCCN3C(=O)c3ccccc32)c1C. The number of nitrogens with zero attached hydrogens (tertiary/aromatic N) is 4. The van der Waals surface area contributed by atoms with Crippen molar-refractivity contribution in [2.45, 2.75) is 52.6 Å². The third kappa shape index (κ3) is 3.36. The summed E-state index contributed by atoms with van der Waals surface area (Å²) in [6, 6.07) is 6.51. The van der Waals surface area contributed by atoms with Gasteiger partial charge in [-0.2, -0.15) is 5.10 Å². The van der Waals surface area contributed by atoms with E-state index in [1.165, 1.54) is 4.90 Å². The Morgan fingerprint density at radius 1 is 1.23 bits per heavy atom. The molecule has 0 saturated carbocycles. The Labute approximate surface area is 175 Å². The van der Waals surface area contributed by atoms with Crippen LogP contribution in [0.5, 0.6) is 0 Å². The maximum atomic E-state index is 13.3. The first-order chi connectivity index (χ1) is 14.4. The smallest absolute Gasteiger partial charge is 0.256 e. The fraction of sp³-hybridized carbons (Fsp3) is 0.455. The lowest BCUT2D eigenvalue weighted by atomic mass is 10.1. The molecule has 1 N–H and O–H groups in total. The van der Waals surface area contributed by atoms with Gasteiger partial charge in [0.05, 0.1) is 28.3 Å². The molecular weight excluding hydrogens is 382 g/mol. The number of amides is 3. The number of carbonyl (C=O) groups is 3. The van der Waals surface area contributed by atoms with Crippen molar-refractivity contribution in [2.24, 2.45) is 0 Å². The number of anilines is 2. The van der Waals surface area contributed by atoms with Crippen LogP contribution in [0.3, 0.4) is 0 Å². The first-order valence-electron chi connectivity index (χ1n) is 10.5. The van der Waals surface area contributed by atoms with Gasteiger partial charge in [-0.1, -0.05) is 19.1 Å². The summed E-state index contributed by atoms with van der Waals surface area (Å²) in [4.78, 5) is 42.3. The van der Waals surface area contributed by atoms with Gasteiger partial charge in [-0.15, -0.1) is 0 Å². The molecule has 3 amide bonds. The molecule has 1 fully saturated rings. The molecule has 3 heterocycles. The summed E-state index contributed by atoms with van der Waals surface area (Å²) < 4.78 is 1.88. The average Bonchev–Trinajstić information content (AvgIpc) is 3.30. The summed E-state index contributed by atoms with van der Waals surface area (Å²) in [5.74, 6) is -0.646. The number of rotatable bonds is 5. The van der Waals surface area contributed by atoms with Gasteiger partial charge >= 0.3 is 0 Å². The molecule has 1 aromatic carbocycles. The van der Waals surface area contributed by atoms with Crippen molar-refractivity contribution in [3.8, 4) is 0 Å². The van der Waals surface area contributed by atoms with Crippen LogP contribution in [-0.2, 0) is 16.1 Å². The molecule has 2 aliphatic rings. The van der Waals surface area contributed by atoms with E-state index in [2.05, 4.69) is 17.3 Å². The van der Waals surface area contributed by atoms with Gasteiger partial charge in [0.1, 0.15) is 12.6 Å². The third-order valence-corrected chi connectivity index (χ3v) is 5.87. The van der Waals surface area contributed by atoms with Crippen LogP contribution >= 0.6 is 0 Å². The summed E-state index contributed by atoms with van der Waals surface area (Å²) >= 11 is 0. The summed E-state index contributed by atoms with van der Waals surface area (Å²) in [5.41, 5.74) is 3.28. The standard InChI is InChI=1S/C22H27N5O3/c1-4-11-27-15(3)20(14(2)24-27)23-19(28)13-26-17-9-6-5-8-16(17)21(29)25-12-7-10-18(25)22(26)30/h5-6,8-9,18H,4,7,10-13H2,1-3H3,(H,23,28)/t18-/m0/s1. The van der Waals surface area contributed by atoms with Crippen molar-refractivity contribution in [3.63, 3.8) is 0 Å². The molecule has 30 heavy (non-hydrogen) atoms. The van der Waals surface area contributed by atoms with Crippen LogP contribution < -0.4 is 10.2 Å². The lowest BCUT2D eigenvalue weighted by molar-refractivity contribution is -0.124. The molecule has 8 heteroatoms. The second-order valence-electron chi connectivity index (χ2n) is 7.92. The van der Waals surface area contributed by atoms with E-state index >= 15 is 0 Å². The van der Waals surface area contributed by atoms with E-state index in [1.807, 2.05) is 18.5 Å². The van der Waals surface area contributed by atoms with Crippen LogP contribution in [0.2, 0.25) is 0 Å². The Bertz CT molecular complexity index is 1010. The van der Waals surface area contributed by atoms with E-state index in [4.69, 9.17) is 0 Å². The van der Waals surface area contributed by atoms with Crippen molar-refractivity contribution in [1.82, 2.24) is 14.7 Å². The quantitative estimate of drug-likeness (QED) is 0.822. The number of aromatic nitrogens is 2. The van der Waals surface area contributed by atoms with Crippen LogP contribution in [0.15, 0.2) is 24.3 Å². The van der Waals surface area contributed by atoms with Crippen molar-refractivity contribution in [2.75, 3.05) is 23.3 Å². The largest absolute Gasteiger partial charge is 0.327 e. The van der Waals surface area contributed by atoms with Gasteiger partial charge in [0, 0.05) is 13.1 Å². The number of hydrogen-bond acceptors (Lipinski definition) is 4. The Morgan fingerprint density at radius 2 is 2.00 bits per heavy atom. The van der Waals surface area contributed by atoms with Gasteiger partial charge in [-0.3, -0.25) is 19.1 Å². The number of carbonyl (C=O) groups excluding carboxylic acids is 3. The van der Waals surface area contributed by atoms with Crippen LogP contribution in [-0.4, -0.2) is 51.5 Å². The first-order valence-corrected chi connectivity index (χ1v) is 10.5. The van der Waals surface area contributed by atoms with E-state index < -0.39 is 6.04 Å². The average molecular weight is 409 g/mol. The van der Waals surface area contributed by atoms with Crippen LogP contribution in [0.25, 0.3) is 0 Å². The topological polar surface area (TPSA) is 87.5 Å². The number of para-hydroxylation sites is 1. The van der Waals surface area contributed by atoms with E-state index in [0.717, 1.165) is 30.8 Å². The van der Waals surface area contributed by atoms with Gasteiger partial charge in [0.2, 0.25) is 11.8 Å². The predicted octanol–water partition coefficient (Wildman–Crippen LogP) is 2.50. The van der Waals surface area contributed by atoms with Gasteiger partial charge in [-0.25, -0.2) is 0 Å². The molecule has 0 aliphatic carbocycles. The molecule has 0 spiro atoms. The highest BCUT2D eigenvalue weighted by Crippen LogP contribution is 2.32. The molecule has 0 unspecified atom stereocenters. The van der Waals surface area contributed by atoms with Crippen molar-refractivity contribution in [1.29, 1.82) is 0 Å². The summed E-state index contributed by atoms with van der Waals surface area (Å²) in [5, 5.41) is 7.42. The zero-order valence-electron chi connectivity index (χ0n) is 17.6. The maximum Gasteiger partial charge on any atom is 0.256 e. The number of hydrogen-bond donors (Lipinski definition) is 1. The Hall–Kier alpha value is -3.16. The van der Waals surface area contributed by atoms with Gasteiger partial charge in [0.15, 0.2) is 0 Å². The summed E-state index contributed by atoms with van der Waals surface area (Å²) in [6.07, 6.45) is 2.36. The molecule has 2 aliphatic heterocycles. The molecule has 1 atom stereocenters. The second kappa shape index (κ2) is 7.93. The van der Waals surface area contributed by atoms with E-state index in [9.17, 15) is 14.4 Å². The van der Waals surface area contributed by atoms with Crippen molar-refractivity contribution in [3.05, 3.63) is 41.2 Å². The van der Waals surface area contributed by atoms with Gasteiger partial charge in [0.25, 0.3) is 5.91 Å². The Morgan fingerprint density at radius 3 is 2.77 bits per heavy atom. The normalized spacial score (nSPS) is 18.3. The minimum atomic E-state index is -0.506. The molecule has 2 aromatic rings. The number of nitrogens with one attached hydrogen (secondary N) is 1. The van der Waals surface area contributed by atoms with Crippen LogP contribution in [0, 0.1) is 13.8 Å². The number of aryl methyl sites for hydroxylation is 2.